The smallest absolute Gasteiger partial charge is 0.161 e. The second-order valence-corrected chi connectivity index (χ2v) is 4.51. The topological polar surface area (TPSA) is 26.3 Å². The van der Waals surface area contributed by atoms with Gasteiger partial charge in [0.15, 0.2) is 5.78 Å². The third kappa shape index (κ3) is 3.52. The van der Waals surface area contributed by atoms with Gasteiger partial charge >= 0.3 is 0 Å². The van der Waals surface area contributed by atoms with E-state index < -0.39 is 0 Å². The Balaban J connectivity index is 2.50. The van der Waals surface area contributed by atoms with Crippen molar-refractivity contribution in [2.75, 3.05) is 6.61 Å². The van der Waals surface area contributed by atoms with Crippen molar-refractivity contribution in [3.05, 3.63) is 11.8 Å². The van der Waals surface area contributed by atoms with Crippen LogP contribution >= 0.6 is 0 Å². The summed E-state index contributed by atoms with van der Waals surface area (Å²) in [5, 5.41) is 0. The summed E-state index contributed by atoms with van der Waals surface area (Å²) in [5.74, 6) is 1.80. The third-order valence-corrected chi connectivity index (χ3v) is 2.45. The van der Waals surface area contributed by atoms with Gasteiger partial charge in [-0.25, -0.2) is 0 Å². The molecule has 1 rings (SSSR count). The number of allylic oxidation sites excluding steroid dienone is 2. The molecule has 0 bridgehead atoms. The molecule has 1 atom stereocenters. The van der Waals surface area contributed by atoms with Gasteiger partial charge in [0.25, 0.3) is 0 Å². The van der Waals surface area contributed by atoms with Gasteiger partial charge in [-0.2, -0.15) is 0 Å². The molecule has 0 spiro atoms. The Morgan fingerprint density at radius 3 is 2.93 bits per heavy atom. The van der Waals surface area contributed by atoms with E-state index in [-0.39, 0.29) is 11.7 Å². The van der Waals surface area contributed by atoms with Gasteiger partial charge in [0.2, 0.25) is 0 Å². The molecule has 0 aliphatic heterocycles. The van der Waals surface area contributed by atoms with Gasteiger partial charge < -0.3 is 4.74 Å². The summed E-state index contributed by atoms with van der Waals surface area (Å²) >= 11 is 0. The molecule has 0 saturated carbocycles. The van der Waals surface area contributed by atoms with Crippen LogP contribution in [0.25, 0.3) is 0 Å². The SMILES string of the molecule is CC(C)COC1=CC(=O)[C@@H](C)CCC1. The Morgan fingerprint density at radius 2 is 2.29 bits per heavy atom. The second-order valence-electron chi connectivity index (χ2n) is 4.51. The van der Waals surface area contributed by atoms with Crippen molar-refractivity contribution >= 4 is 5.78 Å². The molecule has 0 unspecified atom stereocenters. The first kappa shape index (κ1) is 11.3. The summed E-state index contributed by atoms with van der Waals surface area (Å²) in [6, 6.07) is 0. The number of ether oxygens (including phenoxy) is 1. The number of carbonyl (C=O) groups excluding carboxylic acids is 1. The average Bonchev–Trinajstić information content (AvgIpc) is 2.26. The highest BCUT2D eigenvalue weighted by Gasteiger charge is 2.16. The van der Waals surface area contributed by atoms with Crippen molar-refractivity contribution in [2.24, 2.45) is 11.8 Å². The molecule has 1 aliphatic rings. The van der Waals surface area contributed by atoms with Crippen molar-refractivity contribution < 1.29 is 9.53 Å². The van der Waals surface area contributed by atoms with E-state index in [4.69, 9.17) is 4.74 Å². The van der Waals surface area contributed by atoms with Gasteiger partial charge in [-0.1, -0.05) is 20.8 Å². The van der Waals surface area contributed by atoms with Gasteiger partial charge in [-0.3, -0.25) is 4.79 Å². The number of ketones is 1. The van der Waals surface area contributed by atoms with Crippen molar-refractivity contribution in [3.8, 4) is 0 Å². The predicted molar refractivity (Wildman–Crippen MR) is 56.9 cm³/mol. The summed E-state index contributed by atoms with van der Waals surface area (Å²) < 4.78 is 5.58. The van der Waals surface area contributed by atoms with E-state index in [2.05, 4.69) is 13.8 Å². The van der Waals surface area contributed by atoms with E-state index >= 15 is 0 Å². The summed E-state index contributed by atoms with van der Waals surface area (Å²) in [7, 11) is 0. The van der Waals surface area contributed by atoms with E-state index in [9.17, 15) is 4.79 Å². The molecule has 0 N–H and O–H groups in total. The molecule has 0 saturated heterocycles. The summed E-state index contributed by atoms with van der Waals surface area (Å²) in [6.45, 7) is 6.93. The Morgan fingerprint density at radius 1 is 1.57 bits per heavy atom. The molecule has 0 fully saturated rings. The molecule has 0 amide bonds. The highest BCUT2D eigenvalue weighted by Crippen LogP contribution is 2.20. The van der Waals surface area contributed by atoms with Crippen LogP contribution in [0.3, 0.4) is 0 Å². The molecule has 2 heteroatoms. The molecule has 2 nitrogen and oxygen atoms in total. The van der Waals surface area contributed by atoms with Gasteiger partial charge in [0.05, 0.1) is 12.4 Å². The molecule has 14 heavy (non-hydrogen) atoms. The highest BCUT2D eigenvalue weighted by molar-refractivity contribution is 5.92. The van der Waals surface area contributed by atoms with Crippen LogP contribution in [-0.2, 0) is 9.53 Å². The summed E-state index contributed by atoms with van der Waals surface area (Å²) in [5.41, 5.74) is 0. The quantitative estimate of drug-likeness (QED) is 0.693. The first-order valence-electron chi connectivity index (χ1n) is 5.47. The molecule has 0 aromatic heterocycles. The van der Waals surface area contributed by atoms with E-state index in [1.54, 1.807) is 6.08 Å². The fourth-order valence-electron chi connectivity index (χ4n) is 1.49. The predicted octanol–water partition coefficient (Wildman–Crippen LogP) is 2.93. The van der Waals surface area contributed by atoms with E-state index in [1.165, 1.54) is 0 Å². The molecule has 0 aromatic carbocycles. The van der Waals surface area contributed by atoms with Crippen molar-refractivity contribution in [1.29, 1.82) is 0 Å². The monoisotopic (exact) mass is 196 g/mol. The van der Waals surface area contributed by atoms with Gasteiger partial charge in [0.1, 0.15) is 0 Å². The minimum Gasteiger partial charge on any atom is -0.498 e. The number of carbonyl (C=O) groups is 1. The van der Waals surface area contributed by atoms with Crippen LogP contribution in [0.4, 0.5) is 0 Å². The summed E-state index contributed by atoms with van der Waals surface area (Å²) in [6.07, 6.45) is 4.67. The fourth-order valence-corrected chi connectivity index (χ4v) is 1.49. The Kier molecular flexibility index (Phi) is 4.18. The van der Waals surface area contributed by atoms with Crippen LogP contribution in [0, 0.1) is 11.8 Å². The lowest BCUT2D eigenvalue weighted by Crippen LogP contribution is -2.06. The minimum atomic E-state index is 0.176. The van der Waals surface area contributed by atoms with Gasteiger partial charge in [-0.05, 0) is 18.8 Å². The van der Waals surface area contributed by atoms with Crippen LogP contribution in [-0.4, -0.2) is 12.4 Å². The molecule has 0 radical (unpaired) electrons. The number of rotatable bonds is 3. The molecule has 1 aliphatic carbocycles. The first-order chi connectivity index (χ1) is 6.59. The zero-order valence-corrected chi connectivity index (χ0v) is 9.38. The zero-order valence-electron chi connectivity index (χ0n) is 9.38. The maximum absolute atomic E-state index is 11.5. The Hall–Kier alpha value is -0.790. The highest BCUT2D eigenvalue weighted by atomic mass is 16.5. The van der Waals surface area contributed by atoms with Crippen LogP contribution in [0.5, 0.6) is 0 Å². The van der Waals surface area contributed by atoms with Crippen LogP contribution in [0.2, 0.25) is 0 Å². The normalized spacial score (nSPS) is 23.3. The average molecular weight is 196 g/mol. The maximum Gasteiger partial charge on any atom is 0.161 e. The lowest BCUT2D eigenvalue weighted by molar-refractivity contribution is -0.117. The molecular formula is C12H20O2. The van der Waals surface area contributed by atoms with Crippen molar-refractivity contribution in [3.63, 3.8) is 0 Å². The fraction of sp³-hybridized carbons (Fsp3) is 0.750. The largest absolute Gasteiger partial charge is 0.498 e. The van der Waals surface area contributed by atoms with Gasteiger partial charge in [0, 0.05) is 18.4 Å². The maximum atomic E-state index is 11.5. The van der Waals surface area contributed by atoms with Crippen molar-refractivity contribution in [1.82, 2.24) is 0 Å². The third-order valence-electron chi connectivity index (χ3n) is 2.45. The molecule has 0 aromatic rings. The van der Waals surface area contributed by atoms with E-state index in [1.807, 2.05) is 6.92 Å². The molecule has 0 heterocycles. The number of hydrogen-bond donors (Lipinski definition) is 0. The first-order valence-corrected chi connectivity index (χ1v) is 5.47. The van der Waals surface area contributed by atoms with Crippen LogP contribution in [0.15, 0.2) is 11.8 Å². The zero-order chi connectivity index (χ0) is 10.6. The summed E-state index contributed by atoms with van der Waals surface area (Å²) in [4.78, 5) is 11.5. The Bertz CT molecular complexity index is 228. The van der Waals surface area contributed by atoms with Crippen molar-refractivity contribution in [2.45, 2.75) is 40.0 Å². The van der Waals surface area contributed by atoms with Crippen LogP contribution in [0.1, 0.15) is 40.0 Å². The lowest BCUT2D eigenvalue weighted by Gasteiger charge is -2.10. The standard InChI is InChI=1S/C12H20O2/c1-9(2)8-14-11-6-4-5-10(3)12(13)7-11/h7,9-10H,4-6,8H2,1-3H3/t10-/m0/s1. The Labute approximate surface area is 86.3 Å². The van der Waals surface area contributed by atoms with Gasteiger partial charge in [-0.15, -0.1) is 0 Å². The molecule has 80 valence electrons. The molecular weight excluding hydrogens is 176 g/mol. The van der Waals surface area contributed by atoms with E-state index in [0.29, 0.717) is 12.5 Å². The minimum absolute atomic E-state index is 0.176. The van der Waals surface area contributed by atoms with Crippen LogP contribution < -0.4 is 0 Å². The number of hydrogen-bond acceptors (Lipinski definition) is 2. The second kappa shape index (κ2) is 5.18. The lowest BCUT2D eigenvalue weighted by atomic mass is 10.0. The van der Waals surface area contributed by atoms with E-state index in [0.717, 1.165) is 25.0 Å².